The lowest BCUT2D eigenvalue weighted by atomic mass is 10.2. The summed E-state index contributed by atoms with van der Waals surface area (Å²) in [6.07, 6.45) is 1.41. The summed E-state index contributed by atoms with van der Waals surface area (Å²) in [5.74, 6) is 0. The standard InChI is InChI=1S/C4H7O2.HO/c1-4(2,6)3-5;/h6H,1-2H3;1H. The van der Waals surface area contributed by atoms with Gasteiger partial charge >= 0.3 is 0 Å². The molecule has 0 aromatic rings. The molecule has 0 unspecified atom stereocenters. The van der Waals surface area contributed by atoms with E-state index in [0.717, 1.165) is 0 Å². The van der Waals surface area contributed by atoms with Crippen molar-refractivity contribution in [1.29, 1.82) is 0 Å². The molecule has 7 heavy (non-hydrogen) atoms. The minimum Gasteiger partial charge on any atom is -0.382 e. The van der Waals surface area contributed by atoms with Gasteiger partial charge in [-0.3, -0.25) is 10.3 Å². The van der Waals surface area contributed by atoms with E-state index in [1.165, 1.54) is 20.1 Å². The van der Waals surface area contributed by atoms with Gasteiger partial charge in [0, 0.05) is 0 Å². The van der Waals surface area contributed by atoms with Crippen molar-refractivity contribution in [1.82, 2.24) is 0 Å². The molecule has 0 spiro atoms. The van der Waals surface area contributed by atoms with Crippen LogP contribution >= 0.6 is 0 Å². The van der Waals surface area contributed by atoms with Crippen molar-refractivity contribution in [3.05, 3.63) is 0 Å². The van der Waals surface area contributed by atoms with Gasteiger partial charge in [0.1, 0.15) is 5.60 Å². The predicted octanol–water partition coefficient (Wildman–Crippen LogP) is -0.310. The maximum atomic E-state index is 9.45. The van der Waals surface area contributed by atoms with E-state index in [-0.39, 0.29) is 5.48 Å². The highest BCUT2D eigenvalue weighted by Crippen LogP contribution is 1.91. The summed E-state index contributed by atoms with van der Waals surface area (Å²) in [4.78, 5) is 9.45. The second-order valence-corrected chi connectivity index (χ2v) is 1.66. The number of rotatable bonds is 1. The normalized spacial score (nSPS) is 9.57. The lowest BCUT2D eigenvalue weighted by Crippen LogP contribution is -2.19. The lowest BCUT2D eigenvalue weighted by molar-refractivity contribution is 0.149. The number of hydrogen-bond donors (Lipinski definition) is 2. The number of aliphatic hydroxyl groups is 1. The van der Waals surface area contributed by atoms with Crippen LogP contribution in [0.4, 0.5) is 0 Å². The van der Waals surface area contributed by atoms with Gasteiger partial charge in [-0.1, -0.05) is 0 Å². The van der Waals surface area contributed by atoms with Gasteiger partial charge in [-0.15, -0.1) is 0 Å². The maximum absolute atomic E-state index is 9.45. The van der Waals surface area contributed by atoms with E-state index >= 15 is 0 Å². The van der Waals surface area contributed by atoms with Crippen molar-refractivity contribution in [3.63, 3.8) is 0 Å². The Labute approximate surface area is 42.3 Å². The molecular formula is C4H8O3. The molecule has 0 bridgehead atoms. The minimum absolute atomic E-state index is 0. The Balaban J connectivity index is 0. The summed E-state index contributed by atoms with van der Waals surface area (Å²) in [6, 6.07) is 0. The predicted molar refractivity (Wildman–Crippen MR) is 23.9 cm³/mol. The van der Waals surface area contributed by atoms with Gasteiger partial charge in [0.2, 0.25) is 6.29 Å². The van der Waals surface area contributed by atoms with Gasteiger partial charge in [0.25, 0.3) is 0 Å². The van der Waals surface area contributed by atoms with E-state index in [9.17, 15) is 4.79 Å². The van der Waals surface area contributed by atoms with E-state index in [1.807, 2.05) is 0 Å². The third-order valence-electron chi connectivity index (χ3n) is 0.250. The number of hydrogen-bond acceptors (Lipinski definition) is 2. The molecule has 42 valence electrons. The quantitative estimate of drug-likeness (QED) is 0.479. The second kappa shape index (κ2) is 2.71. The van der Waals surface area contributed by atoms with Gasteiger partial charge in [-0.2, -0.15) is 0 Å². The van der Waals surface area contributed by atoms with Crippen molar-refractivity contribution >= 4 is 6.29 Å². The van der Waals surface area contributed by atoms with Crippen LogP contribution in [0.15, 0.2) is 0 Å². The third-order valence-corrected chi connectivity index (χ3v) is 0.250. The van der Waals surface area contributed by atoms with Crippen LogP contribution < -0.4 is 0 Å². The van der Waals surface area contributed by atoms with Crippen molar-refractivity contribution in [3.8, 4) is 0 Å². The van der Waals surface area contributed by atoms with Crippen LogP contribution in [0.25, 0.3) is 0 Å². The van der Waals surface area contributed by atoms with Crippen LogP contribution in [-0.2, 0) is 4.79 Å². The molecule has 0 aromatic heterocycles. The molecule has 0 saturated carbocycles. The van der Waals surface area contributed by atoms with E-state index < -0.39 is 5.60 Å². The first kappa shape index (κ1) is 9.77. The van der Waals surface area contributed by atoms with E-state index in [1.54, 1.807) is 0 Å². The fourth-order valence-corrected chi connectivity index (χ4v) is 0. The molecule has 0 aliphatic rings. The lowest BCUT2D eigenvalue weighted by Gasteiger charge is -2.01. The van der Waals surface area contributed by atoms with Crippen LogP contribution in [-0.4, -0.2) is 22.5 Å². The fraction of sp³-hybridized carbons (Fsp3) is 0.750. The summed E-state index contributed by atoms with van der Waals surface area (Å²) in [5.41, 5.74) is -1.26. The molecule has 2 N–H and O–H groups in total. The van der Waals surface area contributed by atoms with Crippen molar-refractivity contribution in [2.45, 2.75) is 19.4 Å². The summed E-state index contributed by atoms with van der Waals surface area (Å²) in [7, 11) is 0. The molecule has 0 amide bonds. The highest BCUT2D eigenvalue weighted by Gasteiger charge is 2.09. The largest absolute Gasteiger partial charge is 0.382 e. The minimum atomic E-state index is -1.26. The van der Waals surface area contributed by atoms with Crippen LogP contribution in [0.1, 0.15) is 13.8 Å². The first-order valence-corrected chi connectivity index (χ1v) is 1.68. The first-order chi connectivity index (χ1) is 2.56. The van der Waals surface area contributed by atoms with Crippen LogP contribution in [0.2, 0.25) is 0 Å². The molecule has 3 heteroatoms. The zero-order valence-electron chi connectivity index (χ0n) is 4.30. The van der Waals surface area contributed by atoms with Crippen molar-refractivity contribution in [2.24, 2.45) is 0 Å². The SMILES string of the molecule is CC(C)(O)[C]=O.[OH]. The van der Waals surface area contributed by atoms with Gasteiger partial charge in [0.05, 0.1) is 0 Å². The molecule has 0 saturated heterocycles. The van der Waals surface area contributed by atoms with E-state index in [2.05, 4.69) is 0 Å². The number of carbonyl (C=O) groups excluding carboxylic acids is 1. The smallest absolute Gasteiger partial charge is 0.232 e. The zero-order chi connectivity index (χ0) is 5.21. The molecule has 0 aliphatic carbocycles. The van der Waals surface area contributed by atoms with Crippen molar-refractivity contribution < 1.29 is 15.4 Å². The Morgan fingerprint density at radius 2 is 1.71 bits per heavy atom. The topological polar surface area (TPSA) is 67.3 Å². The molecule has 3 nitrogen and oxygen atoms in total. The van der Waals surface area contributed by atoms with Crippen molar-refractivity contribution in [2.75, 3.05) is 0 Å². The van der Waals surface area contributed by atoms with E-state index in [4.69, 9.17) is 5.11 Å². The molecule has 0 heterocycles. The summed E-state index contributed by atoms with van der Waals surface area (Å²) in [6.45, 7) is 2.75. The van der Waals surface area contributed by atoms with Gasteiger partial charge < -0.3 is 5.11 Å². The van der Waals surface area contributed by atoms with Gasteiger partial charge in [-0.05, 0) is 13.8 Å². The van der Waals surface area contributed by atoms with Gasteiger partial charge in [0.15, 0.2) is 0 Å². The Kier molecular flexibility index (Phi) is 3.79. The molecule has 0 aliphatic heterocycles. The van der Waals surface area contributed by atoms with Crippen LogP contribution in [0, 0.1) is 0 Å². The average molecular weight is 104 g/mol. The molecule has 2 radical (unpaired) electrons. The Hall–Kier alpha value is -0.410. The second-order valence-electron chi connectivity index (χ2n) is 1.66. The molecular weight excluding hydrogens is 96.0 g/mol. The Morgan fingerprint density at radius 3 is 1.71 bits per heavy atom. The maximum Gasteiger partial charge on any atom is 0.232 e. The highest BCUT2D eigenvalue weighted by molar-refractivity contribution is 5.60. The van der Waals surface area contributed by atoms with E-state index in [0.29, 0.717) is 0 Å². The van der Waals surface area contributed by atoms with Crippen LogP contribution in [0.3, 0.4) is 0 Å². The Bertz CT molecular complexity index is 52.4. The third kappa shape index (κ3) is 10.7. The fourth-order valence-electron chi connectivity index (χ4n) is 0. The molecule has 0 fully saturated rings. The molecule has 0 rings (SSSR count). The summed E-state index contributed by atoms with van der Waals surface area (Å²) in [5, 5.41) is 8.40. The first-order valence-electron chi connectivity index (χ1n) is 1.68. The molecule has 0 atom stereocenters. The summed E-state index contributed by atoms with van der Waals surface area (Å²) < 4.78 is 0. The monoisotopic (exact) mass is 104 g/mol. The zero-order valence-corrected chi connectivity index (χ0v) is 4.30. The highest BCUT2D eigenvalue weighted by atomic mass is 16.3. The Morgan fingerprint density at radius 1 is 1.57 bits per heavy atom. The average Bonchev–Trinajstić information content (AvgIpc) is 1.35. The van der Waals surface area contributed by atoms with Gasteiger partial charge in [-0.25, -0.2) is 0 Å². The van der Waals surface area contributed by atoms with Crippen LogP contribution in [0.5, 0.6) is 0 Å². The summed E-state index contributed by atoms with van der Waals surface area (Å²) >= 11 is 0. The molecule has 0 aromatic carbocycles.